The maximum Gasteiger partial charge on any atom is 0.105 e. The van der Waals surface area contributed by atoms with Crippen molar-refractivity contribution >= 4 is 22.6 Å². The van der Waals surface area contributed by atoms with Crippen LogP contribution < -0.4 is 0 Å². The van der Waals surface area contributed by atoms with Crippen molar-refractivity contribution < 1.29 is 0 Å². The largest absolute Gasteiger partial charge is 0.276 e. The lowest BCUT2D eigenvalue weighted by Gasteiger charge is -2.00. The third kappa shape index (κ3) is 2.38. The van der Waals surface area contributed by atoms with Crippen LogP contribution in [0.3, 0.4) is 0 Å². The molecule has 0 aromatic carbocycles. The first-order chi connectivity index (χ1) is 12.1. The molecule has 6 nitrogen and oxygen atoms in total. The first kappa shape index (κ1) is 14.8. The Bertz CT molecular complexity index is 1090. The van der Waals surface area contributed by atoms with Gasteiger partial charge in [-0.25, -0.2) is 4.98 Å². The number of fused-ring (bicyclic) bond motifs is 1. The molecule has 1 fully saturated rings. The van der Waals surface area contributed by atoms with Gasteiger partial charge >= 0.3 is 0 Å². The van der Waals surface area contributed by atoms with E-state index in [0.29, 0.717) is 11.8 Å². The SMILES string of the molecule is Cc1snc2ccc(-c3cc([C@@H]4C[C@H]4c4cnn(C)c4)nn3C)nc12. The van der Waals surface area contributed by atoms with Gasteiger partial charge in [-0.15, -0.1) is 0 Å². The van der Waals surface area contributed by atoms with E-state index in [2.05, 4.69) is 28.7 Å². The van der Waals surface area contributed by atoms with Gasteiger partial charge in [-0.1, -0.05) is 0 Å². The van der Waals surface area contributed by atoms with Gasteiger partial charge in [0, 0.05) is 31.1 Å². The van der Waals surface area contributed by atoms with Gasteiger partial charge in [0.2, 0.25) is 0 Å². The highest BCUT2D eigenvalue weighted by Crippen LogP contribution is 2.54. The zero-order valence-corrected chi connectivity index (χ0v) is 15.2. The van der Waals surface area contributed by atoms with Gasteiger partial charge in [-0.05, 0) is 54.6 Å². The second-order valence-corrected chi connectivity index (χ2v) is 7.75. The molecule has 0 radical (unpaired) electrons. The van der Waals surface area contributed by atoms with E-state index >= 15 is 0 Å². The number of aromatic nitrogens is 6. The van der Waals surface area contributed by atoms with E-state index in [1.54, 1.807) is 0 Å². The lowest BCUT2D eigenvalue weighted by molar-refractivity contribution is 0.745. The maximum absolute atomic E-state index is 4.81. The Balaban J connectivity index is 1.48. The van der Waals surface area contributed by atoms with Gasteiger partial charge in [0.05, 0.1) is 23.3 Å². The lowest BCUT2D eigenvalue weighted by Crippen LogP contribution is -1.96. The molecule has 4 aromatic heterocycles. The van der Waals surface area contributed by atoms with E-state index < -0.39 is 0 Å². The smallest absolute Gasteiger partial charge is 0.105 e. The summed E-state index contributed by atoms with van der Waals surface area (Å²) in [5.74, 6) is 1.02. The van der Waals surface area contributed by atoms with E-state index in [1.807, 2.05) is 41.8 Å². The van der Waals surface area contributed by atoms with Crippen LogP contribution in [0.4, 0.5) is 0 Å². The molecule has 1 aliphatic carbocycles. The third-order valence-electron chi connectivity index (χ3n) is 4.97. The molecule has 4 heterocycles. The maximum atomic E-state index is 4.81. The van der Waals surface area contributed by atoms with Crippen molar-refractivity contribution in [1.29, 1.82) is 0 Å². The average Bonchev–Trinajstić information content (AvgIpc) is 2.91. The molecule has 4 aromatic rings. The number of hydrogen-bond donors (Lipinski definition) is 0. The predicted molar refractivity (Wildman–Crippen MR) is 97.7 cm³/mol. The summed E-state index contributed by atoms with van der Waals surface area (Å²) < 4.78 is 8.22. The van der Waals surface area contributed by atoms with E-state index in [1.165, 1.54) is 17.1 Å². The minimum absolute atomic E-state index is 0.484. The van der Waals surface area contributed by atoms with E-state index in [-0.39, 0.29) is 0 Å². The van der Waals surface area contributed by atoms with E-state index in [9.17, 15) is 0 Å². The topological polar surface area (TPSA) is 61.4 Å². The van der Waals surface area contributed by atoms with Gasteiger partial charge in [-0.2, -0.15) is 14.6 Å². The highest BCUT2D eigenvalue weighted by atomic mass is 32.1. The second-order valence-electron chi connectivity index (χ2n) is 6.78. The van der Waals surface area contributed by atoms with Crippen molar-refractivity contribution in [3.8, 4) is 11.4 Å². The number of hydrogen-bond acceptors (Lipinski definition) is 5. The summed E-state index contributed by atoms with van der Waals surface area (Å²) in [4.78, 5) is 5.96. The summed E-state index contributed by atoms with van der Waals surface area (Å²) in [6.45, 7) is 2.06. The first-order valence-electron chi connectivity index (χ1n) is 8.36. The Kier molecular flexibility index (Phi) is 3.09. The van der Waals surface area contributed by atoms with Gasteiger partial charge in [0.1, 0.15) is 11.0 Å². The second kappa shape index (κ2) is 5.23. The molecule has 0 aliphatic heterocycles. The Morgan fingerprint density at radius 1 is 1.20 bits per heavy atom. The molecule has 0 unspecified atom stereocenters. The molecule has 5 rings (SSSR count). The molecule has 0 saturated heterocycles. The molecule has 1 aliphatic rings. The van der Waals surface area contributed by atoms with Crippen molar-refractivity contribution in [2.75, 3.05) is 0 Å². The van der Waals surface area contributed by atoms with E-state index in [0.717, 1.165) is 39.4 Å². The first-order valence-corrected chi connectivity index (χ1v) is 9.13. The van der Waals surface area contributed by atoms with Gasteiger partial charge in [-0.3, -0.25) is 9.36 Å². The number of nitrogens with zero attached hydrogens (tertiary/aromatic N) is 6. The van der Waals surface area contributed by atoms with E-state index in [4.69, 9.17) is 10.1 Å². The normalized spacial score (nSPS) is 19.6. The van der Waals surface area contributed by atoms with Crippen LogP contribution in [0.2, 0.25) is 0 Å². The van der Waals surface area contributed by atoms with Crippen LogP contribution in [0.25, 0.3) is 22.4 Å². The van der Waals surface area contributed by atoms with Crippen LogP contribution >= 0.6 is 11.5 Å². The van der Waals surface area contributed by atoms with Crippen LogP contribution in [0, 0.1) is 6.92 Å². The van der Waals surface area contributed by atoms with Crippen molar-refractivity contribution in [2.24, 2.45) is 14.1 Å². The third-order valence-corrected chi connectivity index (χ3v) is 5.73. The van der Waals surface area contributed by atoms with Crippen LogP contribution in [0.5, 0.6) is 0 Å². The van der Waals surface area contributed by atoms with Crippen molar-refractivity contribution in [1.82, 2.24) is 28.9 Å². The van der Waals surface area contributed by atoms with Gasteiger partial charge in [0.15, 0.2) is 0 Å². The van der Waals surface area contributed by atoms with Gasteiger partial charge < -0.3 is 0 Å². The fraction of sp³-hybridized carbons (Fsp3) is 0.333. The summed E-state index contributed by atoms with van der Waals surface area (Å²) in [5.41, 5.74) is 6.42. The molecule has 25 heavy (non-hydrogen) atoms. The Morgan fingerprint density at radius 2 is 2.08 bits per heavy atom. The van der Waals surface area contributed by atoms with Crippen molar-refractivity contribution in [3.05, 3.63) is 46.7 Å². The zero-order valence-electron chi connectivity index (χ0n) is 14.3. The zero-order chi connectivity index (χ0) is 17.1. The van der Waals surface area contributed by atoms with Crippen LogP contribution in [-0.2, 0) is 14.1 Å². The minimum Gasteiger partial charge on any atom is -0.276 e. The summed E-state index contributed by atoms with van der Waals surface area (Å²) in [7, 11) is 3.95. The number of rotatable bonds is 3. The lowest BCUT2D eigenvalue weighted by atomic mass is 10.1. The fourth-order valence-electron chi connectivity index (χ4n) is 3.52. The highest BCUT2D eigenvalue weighted by molar-refractivity contribution is 7.07. The molecule has 0 bridgehead atoms. The Morgan fingerprint density at radius 3 is 2.88 bits per heavy atom. The number of pyridine rings is 1. The highest BCUT2D eigenvalue weighted by Gasteiger charge is 2.42. The van der Waals surface area contributed by atoms with Crippen LogP contribution in [0.1, 0.15) is 34.4 Å². The molecular formula is C18H18N6S. The quantitative estimate of drug-likeness (QED) is 0.568. The van der Waals surface area contributed by atoms with Gasteiger partial charge in [0.25, 0.3) is 0 Å². The fourth-order valence-corrected chi connectivity index (χ4v) is 4.14. The predicted octanol–water partition coefficient (Wildman–Crippen LogP) is 3.40. The molecule has 0 amide bonds. The summed E-state index contributed by atoms with van der Waals surface area (Å²) in [5, 5.41) is 9.04. The monoisotopic (exact) mass is 350 g/mol. The summed E-state index contributed by atoms with van der Waals surface area (Å²) >= 11 is 1.50. The van der Waals surface area contributed by atoms with Crippen LogP contribution in [0.15, 0.2) is 30.6 Å². The molecule has 0 spiro atoms. The van der Waals surface area contributed by atoms with Crippen molar-refractivity contribution in [3.63, 3.8) is 0 Å². The average molecular weight is 350 g/mol. The summed E-state index contributed by atoms with van der Waals surface area (Å²) in [6, 6.07) is 6.27. The summed E-state index contributed by atoms with van der Waals surface area (Å²) in [6.07, 6.45) is 5.22. The molecule has 1 saturated carbocycles. The molecule has 2 atom stereocenters. The van der Waals surface area contributed by atoms with Crippen LogP contribution in [-0.4, -0.2) is 28.9 Å². The molecule has 7 heteroatoms. The van der Waals surface area contributed by atoms with Crippen molar-refractivity contribution in [2.45, 2.75) is 25.2 Å². The minimum atomic E-state index is 0.484. The molecule has 0 N–H and O–H groups in total. The Labute approximate surface area is 149 Å². The Hall–Kier alpha value is -2.54. The molecular weight excluding hydrogens is 332 g/mol. The molecule has 126 valence electrons. The standard InChI is InChI=1S/C18H18N6S/c1-10-18-15(22-25-10)5-4-14(20-18)17-7-16(21-24(17)3)13-6-12(13)11-8-19-23(2)9-11/h4-5,7-9,12-13H,6H2,1-3H3/t12-,13+/m0/s1. The number of aryl methyl sites for hydroxylation is 3.